The Balaban J connectivity index is 1.78. The van der Waals surface area contributed by atoms with Gasteiger partial charge in [0.1, 0.15) is 0 Å². The van der Waals surface area contributed by atoms with Crippen LogP contribution in [0.15, 0.2) is 90.1 Å². The highest BCUT2D eigenvalue weighted by Gasteiger charge is 2.70. The van der Waals surface area contributed by atoms with E-state index in [4.69, 9.17) is 9.47 Å². The van der Waals surface area contributed by atoms with Crippen molar-refractivity contribution in [1.82, 2.24) is 10.2 Å². The van der Waals surface area contributed by atoms with Gasteiger partial charge in [-0.05, 0) is 43.5 Å². The quantitative estimate of drug-likeness (QED) is 0.334. The zero-order valence-corrected chi connectivity index (χ0v) is 22.7. The van der Waals surface area contributed by atoms with Gasteiger partial charge < -0.3 is 19.7 Å². The fourth-order valence-electron chi connectivity index (χ4n) is 4.96. The molecule has 10 heteroatoms. The van der Waals surface area contributed by atoms with E-state index in [-0.39, 0.29) is 34.9 Å². The maximum absolute atomic E-state index is 15.2. The summed E-state index contributed by atoms with van der Waals surface area (Å²) in [6.45, 7) is 1.21. The van der Waals surface area contributed by atoms with E-state index < -0.39 is 34.9 Å². The number of allylic oxidation sites excluding steroid dienone is 1. The molecule has 7 nitrogen and oxygen atoms in total. The number of amides is 2. The molecule has 0 unspecified atom stereocenters. The molecule has 0 saturated carbocycles. The molecule has 0 radical (unpaired) electrons. The molecule has 1 aliphatic heterocycles. The normalized spacial score (nSPS) is 17.0. The van der Waals surface area contributed by atoms with Crippen LogP contribution in [0.4, 0.5) is 13.2 Å². The van der Waals surface area contributed by atoms with Crippen molar-refractivity contribution in [2.75, 3.05) is 20.8 Å². The van der Waals surface area contributed by atoms with Crippen molar-refractivity contribution in [1.29, 1.82) is 0 Å². The van der Waals surface area contributed by atoms with Crippen LogP contribution in [0.25, 0.3) is 0 Å². The second-order valence-electron chi connectivity index (χ2n) is 9.47. The highest BCUT2D eigenvalue weighted by Crippen LogP contribution is 2.46. The molecule has 1 aliphatic rings. The summed E-state index contributed by atoms with van der Waals surface area (Å²) < 4.78 is 55.8. The molecule has 1 N–H and O–H groups in total. The third-order valence-corrected chi connectivity index (χ3v) is 7.03. The molecule has 1 atom stereocenters. The number of rotatable bonds is 10. The minimum atomic E-state index is -5.36. The first-order chi connectivity index (χ1) is 19.5. The van der Waals surface area contributed by atoms with Gasteiger partial charge in [0, 0.05) is 23.4 Å². The third-order valence-electron chi connectivity index (χ3n) is 7.03. The molecule has 0 aromatic heterocycles. The van der Waals surface area contributed by atoms with Gasteiger partial charge in [-0.1, -0.05) is 60.7 Å². The number of ether oxygens (including phenoxy) is 2. The Morgan fingerprint density at radius 2 is 1.49 bits per heavy atom. The number of benzene rings is 3. The molecule has 0 saturated heterocycles. The summed E-state index contributed by atoms with van der Waals surface area (Å²) in [5.74, 6) is -3.30. The van der Waals surface area contributed by atoms with Crippen LogP contribution in [-0.2, 0) is 11.2 Å². The number of hydrogen-bond donors (Lipinski definition) is 1. The Morgan fingerprint density at radius 1 is 0.878 bits per heavy atom. The molecule has 4 rings (SSSR count). The maximum Gasteiger partial charge on any atom is 0.425 e. The predicted molar refractivity (Wildman–Crippen MR) is 146 cm³/mol. The number of ketones is 1. The number of nitrogens with one attached hydrogen (secondary N) is 1. The van der Waals surface area contributed by atoms with E-state index in [2.05, 4.69) is 0 Å². The van der Waals surface area contributed by atoms with Crippen LogP contribution >= 0.6 is 0 Å². The molecule has 3 aromatic carbocycles. The number of carbonyl (C=O) groups excluding carboxylic acids is 3. The lowest BCUT2D eigenvalue weighted by Gasteiger charge is -2.33. The van der Waals surface area contributed by atoms with Crippen LogP contribution in [0.1, 0.15) is 39.6 Å². The summed E-state index contributed by atoms with van der Waals surface area (Å²) in [6, 6.07) is 20.5. The number of halogens is 3. The van der Waals surface area contributed by atoms with Gasteiger partial charge in [-0.25, -0.2) is 0 Å². The summed E-state index contributed by atoms with van der Waals surface area (Å²) in [6.07, 6.45) is -4.53. The van der Waals surface area contributed by atoms with E-state index in [1.807, 2.05) is 35.6 Å². The van der Waals surface area contributed by atoms with Crippen LogP contribution in [0.2, 0.25) is 0 Å². The lowest BCUT2D eigenvalue weighted by Crippen LogP contribution is -2.66. The SMILES string of the molecule is COc1ccc(C(=O)N[C@]2(C(F)(F)F)C(=O)N(CCCc3ccccc3)C(C)=C2C(=O)c2ccccc2)cc1OC. The number of carbonyl (C=O) groups is 3. The van der Waals surface area contributed by atoms with Gasteiger partial charge >= 0.3 is 6.18 Å². The summed E-state index contributed by atoms with van der Waals surface area (Å²) >= 11 is 0. The highest BCUT2D eigenvalue weighted by molar-refractivity contribution is 6.19. The van der Waals surface area contributed by atoms with E-state index in [0.29, 0.717) is 12.8 Å². The minimum absolute atomic E-state index is 0.0465. The first-order valence-electron chi connectivity index (χ1n) is 12.8. The third kappa shape index (κ3) is 5.54. The average Bonchev–Trinajstić information content (AvgIpc) is 3.19. The summed E-state index contributed by atoms with van der Waals surface area (Å²) in [5.41, 5.74) is -3.93. The zero-order valence-electron chi connectivity index (χ0n) is 22.7. The standard InChI is InChI=1S/C31H29F3N2O5/c1-20-26(27(37)22-14-8-5-9-15-22)30(31(32,33)34,29(39)36(20)18-10-13-21-11-6-4-7-12-21)35-28(38)23-16-17-24(40-2)25(19-23)41-3/h4-9,11-12,14-17,19H,10,13,18H2,1-3H3,(H,35,38)/t30-/m0/s1. The van der Waals surface area contributed by atoms with Crippen molar-refractivity contribution in [3.63, 3.8) is 0 Å². The van der Waals surface area contributed by atoms with Crippen LogP contribution < -0.4 is 14.8 Å². The van der Waals surface area contributed by atoms with Gasteiger partial charge in [0.05, 0.1) is 19.8 Å². The number of Topliss-reactive ketones (excluding diaryl/α,β-unsaturated/α-hetero) is 1. The zero-order chi connectivity index (χ0) is 29.8. The Kier molecular flexibility index (Phi) is 8.51. The van der Waals surface area contributed by atoms with Gasteiger partial charge in [-0.2, -0.15) is 13.2 Å². The fourth-order valence-corrected chi connectivity index (χ4v) is 4.96. The highest BCUT2D eigenvalue weighted by atomic mass is 19.4. The van der Waals surface area contributed by atoms with Gasteiger partial charge in [0.2, 0.25) is 5.54 Å². The Bertz CT molecular complexity index is 1470. The monoisotopic (exact) mass is 566 g/mol. The second kappa shape index (κ2) is 11.9. The van der Waals surface area contributed by atoms with Crippen molar-refractivity contribution in [2.24, 2.45) is 0 Å². The smallest absolute Gasteiger partial charge is 0.425 e. The number of hydrogen-bond acceptors (Lipinski definition) is 5. The number of aryl methyl sites for hydroxylation is 1. The van der Waals surface area contributed by atoms with Crippen LogP contribution in [-0.4, -0.2) is 55.0 Å². The molecule has 2 amide bonds. The Morgan fingerprint density at radius 3 is 2.07 bits per heavy atom. The first-order valence-corrected chi connectivity index (χ1v) is 12.8. The molecule has 0 aliphatic carbocycles. The van der Waals surface area contributed by atoms with E-state index in [0.717, 1.165) is 10.5 Å². The molecule has 214 valence electrons. The first kappa shape index (κ1) is 29.4. The van der Waals surface area contributed by atoms with Gasteiger partial charge in [0.15, 0.2) is 17.3 Å². The Hall–Kier alpha value is -4.60. The van der Waals surface area contributed by atoms with Crippen molar-refractivity contribution in [3.05, 3.63) is 107 Å². The summed E-state index contributed by atoms with van der Waals surface area (Å²) in [5, 5.41) is 1.93. The lowest BCUT2D eigenvalue weighted by atomic mass is 9.84. The Labute approximate surface area is 235 Å². The summed E-state index contributed by atoms with van der Waals surface area (Å²) in [4.78, 5) is 41.8. The molecule has 1 heterocycles. The molecule has 41 heavy (non-hydrogen) atoms. The van der Waals surface area contributed by atoms with Gasteiger partial charge in [-0.3, -0.25) is 14.4 Å². The van der Waals surface area contributed by atoms with Gasteiger partial charge in [-0.15, -0.1) is 0 Å². The molecular formula is C31H29F3N2O5. The van der Waals surface area contributed by atoms with Crippen molar-refractivity contribution in [3.8, 4) is 11.5 Å². The van der Waals surface area contributed by atoms with E-state index >= 15 is 13.2 Å². The minimum Gasteiger partial charge on any atom is -0.493 e. The fraction of sp³-hybridized carbons (Fsp3) is 0.258. The predicted octanol–water partition coefficient (Wildman–Crippen LogP) is 5.37. The lowest BCUT2D eigenvalue weighted by molar-refractivity contribution is -0.189. The second-order valence-corrected chi connectivity index (χ2v) is 9.47. The van der Waals surface area contributed by atoms with Gasteiger partial charge in [0.25, 0.3) is 11.8 Å². The van der Waals surface area contributed by atoms with Crippen LogP contribution in [0.3, 0.4) is 0 Å². The number of alkyl halides is 3. The molecular weight excluding hydrogens is 537 g/mol. The van der Waals surface area contributed by atoms with E-state index in [1.165, 1.54) is 63.6 Å². The van der Waals surface area contributed by atoms with Crippen LogP contribution in [0.5, 0.6) is 11.5 Å². The maximum atomic E-state index is 15.2. The van der Waals surface area contributed by atoms with Crippen molar-refractivity contribution in [2.45, 2.75) is 31.5 Å². The summed E-state index contributed by atoms with van der Waals surface area (Å²) in [7, 11) is 2.68. The van der Waals surface area contributed by atoms with Crippen LogP contribution in [0, 0.1) is 0 Å². The van der Waals surface area contributed by atoms with Crippen molar-refractivity contribution >= 4 is 17.6 Å². The number of nitrogens with zero attached hydrogens (tertiary/aromatic N) is 1. The number of methoxy groups -OCH3 is 2. The molecule has 0 spiro atoms. The largest absolute Gasteiger partial charge is 0.493 e. The van der Waals surface area contributed by atoms with Crippen molar-refractivity contribution < 1.29 is 37.0 Å². The molecule has 0 fully saturated rings. The van der Waals surface area contributed by atoms with E-state index in [1.54, 1.807) is 6.07 Å². The van der Waals surface area contributed by atoms with E-state index in [9.17, 15) is 14.4 Å². The molecule has 3 aromatic rings. The average molecular weight is 567 g/mol. The molecule has 0 bridgehead atoms. The topological polar surface area (TPSA) is 84.9 Å².